The van der Waals surface area contributed by atoms with Gasteiger partial charge >= 0.3 is 11.9 Å². The van der Waals surface area contributed by atoms with Gasteiger partial charge in [-0.2, -0.15) is 0 Å². The Bertz CT molecular complexity index is 1270. The third-order valence-electron chi connectivity index (χ3n) is 13.6. The Balaban J connectivity index is 1.08. The zero-order chi connectivity index (χ0) is 35.6. The molecule has 3 saturated carbocycles. The molecule has 49 heavy (non-hydrogen) atoms. The van der Waals surface area contributed by atoms with E-state index in [9.17, 15) is 30.0 Å². The summed E-state index contributed by atoms with van der Waals surface area (Å²) in [5, 5.41) is 45.2. The van der Waals surface area contributed by atoms with Crippen molar-refractivity contribution in [2.45, 2.75) is 179 Å². The van der Waals surface area contributed by atoms with Gasteiger partial charge in [-0.3, -0.25) is 9.59 Å². The minimum Gasteiger partial charge on any atom is -0.458 e. The maximum Gasteiger partial charge on any atom is 0.303 e. The summed E-state index contributed by atoms with van der Waals surface area (Å²) in [5.74, 6) is -0.444. The number of aliphatic hydroxyl groups is 4. The molecule has 0 amide bonds. The molecular formula is C37H58O12. The second-order valence-corrected chi connectivity index (χ2v) is 16.4. The zero-order valence-electron chi connectivity index (χ0n) is 30.1. The topological polar surface area (TPSA) is 170 Å². The first kappa shape index (κ1) is 37.1. The molecule has 12 heteroatoms. The van der Waals surface area contributed by atoms with Crippen LogP contribution in [-0.4, -0.2) is 105 Å². The molecule has 0 aromatic carbocycles. The van der Waals surface area contributed by atoms with Crippen LogP contribution in [0.1, 0.15) is 106 Å². The van der Waals surface area contributed by atoms with Crippen LogP contribution in [0.15, 0.2) is 11.6 Å². The molecule has 4 N–H and O–H groups in total. The average Bonchev–Trinajstić information content (AvgIpc) is 3.30. The lowest BCUT2D eigenvalue weighted by atomic mass is 9.45. The number of ether oxygens (including phenoxy) is 6. The number of carbonyl (C=O) groups is 2. The fourth-order valence-corrected chi connectivity index (χ4v) is 11.0. The molecule has 0 radical (unpaired) electrons. The van der Waals surface area contributed by atoms with E-state index in [1.807, 2.05) is 6.92 Å². The van der Waals surface area contributed by atoms with Crippen LogP contribution in [0.5, 0.6) is 0 Å². The highest BCUT2D eigenvalue weighted by Crippen LogP contribution is 2.68. The van der Waals surface area contributed by atoms with Gasteiger partial charge in [-0.1, -0.05) is 25.5 Å². The summed E-state index contributed by atoms with van der Waals surface area (Å²) in [7, 11) is 0. The number of allylic oxidation sites excluding steroid dienone is 1. The van der Waals surface area contributed by atoms with Gasteiger partial charge in [-0.25, -0.2) is 0 Å². The van der Waals surface area contributed by atoms with E-state index in [0.29, 0.717) is 12.3 Å². The summed E-state index contributed by atoms with van der Waals surface area (Å²) >= 11 is 0. The van der Waals surface area contributed by atoms with Crippen molar-refractivity contribution in [3.63, 3.8) is 0 Å². The number of esters is 2. The van der Waals surface area contributed by atoms with Crippen molar-refractivity contribution in [3.8, 4) is 0 Å². The number of carbonyl (C=O) groups excluding carboxylic acids is 2. The Hall–Kier alpha value is -1.64. The molecule has 0 bridgehead atoms. The van der Waals surface area contributed by atoms with Gasteiger partial charge < -0.3 is 48.8 Å². The number of rotatable bonds is 7. The third kappa shape index (κ3) is 6.51. The summed E-state index contributed by atoms with van der Waals surface area (Å²) in [5.41, 5.74) is 0.207. The number of hydrogen-bond acceptors (Lipinski definition) is 12. The van der Waals surface area contributed by atoms with E-state index in [-0.39, 0.29) is 35.2 Å². The van der Waals surface area contributed by atoms with Gasteiger partial charge in [0.2, 0.25) is 0 Å². The molecule has 4 aliphatic carbocycles. The molecule has 0 aromatic rings. The smallest absolute Gasteiger partial charge is 0.303 e. The Kier molecular flexibility index (Phi) is 10.4. The Morgan fingerprint density at radius 2 is 1.59 bits per heavy atom. The SMILES string of the molecule is CC(=O)O[C@@H]1[C@@H](C)O[C@@H](O[C@H]2[C@@H](O)[C@H](O)[C@H](O[C@H]3CC[C@@]4(C)C(=CC[C@@H]5[C@@H]4CC[C@]4(C)[C@@H]([C@H](C)O)CC[C@]54O)C3)O[C@H]2C)C[C@H]1OC(C)=O. The summed E-state index contributed by atoms with van der Waals surface area (Å²) in [6, 6.07) is 0. The molecule has 2 heterocycles. The molecule has 5 fully saturated rings. The van der Waals surface area contributed by atoms with Gasteiger partial charge in [0.05, 0.1) is 30.0 Å². The molecular weight excluding hydrogens is 636 g/mol. The van der Waals surface area contributed by atoms with Crippen LogP contribution in [0, 0.1) is 28.6 Å². The molecule has 12 nitrogen and oxygen atoms in total. The van der Waals surface area contributed by atoms with E-state index >= 15 is 0 Å². The van der Waals surface area contributed by atoms with Crippen molar-refractivity contribution in [1.82, 2.24) is 0 Å². The van der Waals surface area contributed by atoms with Crippen molar-refractivity contribution < 1.29 is 58.4 Å². The van der Waals surface area contributed by atoms with Crippen molar-refractivity contribution >= 4 is 11.9 Å². The molecule has 6 rings (SSSR count). The lowest BCUT2D eigenvalue weighted by Crippen LogP contribution is -2.62. The number of hydrogen-bond donors (Lipinski definition) is 4. The Labute approximate surface area is 289 Å². The summed E-state index contributed by atoms with van der Waals surface area (Å²) < 4.78 is 35.3. The Morgan fingerprint density at radius 3 is 2.27 bits per heavy atom. The van der Waals surface area contributed by atoms with E-state index in [2.05, 4.69) is 19.9 Å². The number of aliphatic hydroxyl groups excluding tert-OH is 3. The molecule has 0 unspecified atom stereocenters. The van der Waals surface area contributed by atoms with Gasteiger partial charge in [0, 0.05) is 25.7 Å². The first-order chi connectivity index (χ1) is 23.0. The molecule has 0 spiro atoms. The van der Waals surface area contributed by atoms with E-state index in [0.717, 1.165) is 44.9 Å². The monoisotopic (exact) mass is 694 g/mol. The van der Waals surface area contributed by atoms with Crippen LogP contribution in [-0.2, 0) is 38.0 Å². The minimum atomic E-state index is -1.38. The molecule has 0 aromatic heterocycles. The summed E-state index contributed by atoms with van der Waals surface area (Å²) in [4.78, 5) is 23.4. The molecule has 2 saturated heterocycles. The van der Waals surface area contributed by atoms with Crippen LogP contribution >= 0.6 is 0 Å². The van der Waals surface area contributed by atoms with Crippen LogP contribution in [0.2, 0.25) is 0 Å². The Morgan fingerprint density at radius 1 is 0.898 bits per heavy atom. The van der Waals surface area contributed by atoms with Crippen LogP contribution in [0.3, 0.4) is 0 Å². The van der Waals surface area contributed by atoms with E-state index < -0.39 is 79.0 Å². The average molecular weight is 695 g/mol. The van der Waals surface area contributed by atoms with Crippen LogP contribution in [0.25, 0.3) is 0 Å². The quantitative estimate of drug-likeness (QED) is 0.227. The normalized spacial score (nSPS) is 50.3. The first-order valence-electron chi connectivity index (χ1n) is 18.4. The fraction of sp³-hybridized carbons (Fsp3) is 0.892. The lowest BCUT2D eigenvalue weighted by Gasteiger charge is -2.61. The van der Waals surface area contributed by atoms with Crippen LogP contribution < -0.4 is 0 Å². The maximum absolute atomic E-state index is 12.3. The van der Waals surface area contributed by atoms with Gasteiger partial charge in [-0.15, -0.1) is 0 Å². The zero-order valence-corrected chi connectivity index (χ0v) is 30.1. The van der Waals surface area contributed by atoms with Crippen molar-refractivity contribution in [1.29, 1.82) is 0 Å². The maximum atomic E-state index is 12.3. The predicted molar refractivity (Wildman–Crippen MR) is 174 cm³/mol. The van der Waals surface area contributed by atoms with Gasteiger partial charge in [0.15, 0.2) is 18.7 Å². The third-order valence-corrected chi connectivity index (χ3v) is 13.6. The van der Waals surface area contributed by atoms with Crippen molar-refractivity contribution in [3.05, 3.63) is 11.6 Å². The fourth-order valence-electron chi connectivity index (χ4n) is 11.0. The number of fused-ring (bicyclic) bond motifs is 5. The first-order valence-corrected chi connectivity index (χ1v) is 18.4. The van der Waals surface area contributed by atoms with Crippen molar-refractivity contribution in [2.75, 3.05) is 0 Å². The highest BCUT2D eigenvalue weighted by atomic mass is 16.7. The molecule has 6 aliphatic rings. The van der Waals surface area contributed by atoms with E-state index in [1.165, 1.54) is 19.4 Å². The second kappa shape index (κ2) is 13.7. The molecule has 2 aliphatic heterocycles. The van der Waals surface area contributed by atoms with Gasteiger partial charge in [0.1, 0.15) is 24.4 Å². The van der Waals surface area contributed by atoms with E-state index in [1.54, 1.807) is 13.8 Å². The second-order valence-electron chi connectivity index (χ2n) is 16.4. The summed E-state index contributed by atoms with van der Waals surface area (Å²) in [6.45, 7) is 12.4. The molecule has 278 valence electrons. The van der Waals surface area contributed by atoms with E-state index in [4.69, 9.17) is 28.4 Å². The highest BCUT2D eigenvalue weighted by Gasteiger charge is 2.67. The van der Waals surface area contributed by atoms with Gasteiger partial charge in [0.25, 0.3) is 0 Å². The standard InChI is InChI=1S/C37H58O12/c1-18(38)25-12-15-37(43)27-9-8-23-16-24(10-13-35(23,6)26(27)11-14-36(25,37)7)48-34-31(42)30(41)33(20(3)45-34)49-29-17-28(46-21(4)39)32(19(2)44-29)47-22(5)40/h8,18-20,24-34,38,41-43H,9-17H2,1-7H3/t18-,19+,20-,24-,25+,26-,27+,28+,29-,30-,31-,32+,33+,34-,35-,36+,37-/m0/s1. The van der Waals surface area contributed by atoms with Gasteiger partial charge in [-0.05, 0) is 95.3 Å². The van der Waals surface area contributed by atoms with Crippen LogP contribution in [0.4, 0.5) is 0 Å². The minimum absolute atomic E-state index is 0.0589. The summed E-state index contributed by atoms with van der Waals surface area (Å²) in [6.07, 6.45) is -0.213. The highest BCUT2D eigenvalue weighted by molar-refractivity contribution is 5.67. The van der Waals surface area contributed by atoms with Crippen molar-refractivity contribution in [2.24, 2.45) is 28.6 Å². The lowest BCUT2D eigenvalue weighted by molar-refractivity contribution is -0.341. The molecule has 17 atom stereocenters. The predicted octanol–water partition coefficient (Wildman–Crippen LogP) is 3.30. The largest absolute Gasteiger partial charge is 0.458 e.